The Morgan fingerprint density at radius 1 is 1.11 bits per heavy atom. The minimum atomic E-state index is -0.365. The third kappa shape index (κ3) is 4.58. The van der Waals surface area contributed by atoms with Crippen molar-refractivity contribution in [2.75, 3.05) is 16.8 Å². The Hall–Kier alpha value is -3.16. The van der Waals surface area contributed by atoms with Crippen LogP contribution < -0.4 is 10.2 Å². The van der Waals surface area contributed by atoms with Crippen LogP contribution in [0, 0.1) is 5.41 Å². The Morgan fingerprint density at radius 3 is 2.69 bits per heavy atom. The molecule has 1 saturated heterocycles. The van der Waals surface area contributed by atoms with E-state index in [4.69, 9.17) is 11.6 Å². The molecule has 1 N–H and O–H groups in total. The van der Waals surface area contributed by atoms with Gasteiger partial charge in [-0.3, -0.25) is 14.4 Å². The van der Waals surface area contributed by atoms with Crippen LogP contribution in [0.5, 0.6) is 0 Å². The molecule has 2 aromatic carbocycles. The van der Waals surface area contributed by atoms with Gasteiger partial charge in [-0.05, 0) is 54.8 Å². The fourth-order valence-corrected chi connectivity index (χ4v) is 5.74. The summed E-state index contributed by atoms with van der Waals surface area (Å²) < 4.78 is 0.548. The van der Waals surface area contributed by atoms with Gasteiger partial charge in [-0.2, -0.15) is 0 Å². The van der Waals surface area contributed by atoms with Gasteiger partial charge in [-0.1, -0.05) is 43.6 Å². The minimum Gasteiger partial charge on any atom is -0.330 e. The molecule has 8 heteroatoms. The van der Waals surface area contributed by atoms with Crippen molar-refractivity contribution in [3.63, 3.8) is 0 Å². The summed E-state index contributed by atoms with van der Waals surface area (Å²) in [6.45, 7) is 5.51. The number of benzene rings is 2. The van der Waals surface area contributed by atoms with E-state index in [9.17, 15) is 14.4 Å². The van der Waals surface area contributed by atoms with Gasteiger partial charge in [0, 0.05) is 47.6 Å². The molecule has 0 spiro atoms. The molecule has 2 aliphatic rings. The van der Waals surface area contributed by atoms with E-state index in [-0.39, 0.29) is 23.1 Å². The summed E-state index contributed by atoms with van der Waals surface area (Å²) in [5, 5.41) is 2.93. The Kier molecular flexibility index (Phi) is 6.15. The number of carbonyl (C=O) groups excluding carboxylic acids is 3. The molecule has 6 nitrogen and oxygen atoms in total. The largest absolute Gasteiger partial charge is 0.330 e. The molecule has 0 bridgehead atoms. The lowest BCUT2D eigenvalue weighted by Crippen LogP contribution is -2.46. The van der Waals surface area contributed by atoms with Crippen LogP contribution in [0.3, 0.4) is 0 Å². The van der Waals surface area contributed by atoms with Crippen molar-refractivity contribution in [1.29, 1.82) is 0 Å². The van der Waals surface area contributed by atoms with Gasteiger partial charge in [-0.25, -0.2) is 0 Å². The fourth-order valence-electron chi connectivity index (χ4n) is 4.80. The molecule has 35 heavy (non-hydrogen) atoms. The highest BCUT2D eigenvalue weighted by atomic mass is 35.5. The highest BCUT2D eigenvalue weighted by Crippen LogP contribution is 2.35. The Labute approximate surface area is 213 Å². The topological polar surface area (TPSA) is 69.7 Å². The summed E-state index contributed by atoms with van der Waals surface area (Å²) in [6, 6.07) is 16.6. The van der Waals surface area contributed by atoms with E-state index in [1.165, 1.54) is 11.3 Å². The van der Waals surface area contributed by atoms with Gasteiger partial charge in [-0.15, -0.1) is 11.3 Å². The number of hydrogen-bond donors (Lipinski definition) is 1. The maximum Gasteiger partial charge on any atom is 0.265 e. The van der Waals surface area contributed by atoms with E-state index in [1.54, 1.807) is 29.2 Å². The molecular weight excluding hydrogens is 482 g/mol. The van der Waals surface area contributed by atoms with Gasteiger partial charge in [0.05, 0.1) is 9.21 Å². The molecule has 0 saturated carbocycles. The molecule has 1 aromatic heterocycles. The van der Waals surface area contributed by atoms with Gasteiger partial charge in [0.25, 0.3) is 11.8 Å². The zero-order valence-corrected chi connectivity index (χ0v) is 21.2. The zero-order chi connectivity index (χ0) is 24.7. The van der Waals surface area contributed by atoms with Crippen molar-refractivity contribution in [3.05, 3.63) is 80.5 Å². The zero-order valence-electron chi connectivity index (χ0n) is 19.6. The molecule has 3 aromatic rings. The monoisotopic (exact) mass is 507 g/mol. The number of carbonyl (C=O) groups is 3. The van der Waals surface area contributed by atoms with Crippen molar-refractivity contribution in [3.8, 4) is 0 Å². The summed E-state index contributed by atoms with van der Waals surface area (Å²) in [7, 11) is 0. The summed E-state index contributed by atoms with van der Waals surface area (Å²) >= 11 is 7.18. The van der Waals surface area contributed by atoms with Crippen molar-refractivity contribution >= 4 is 52.0 Å². The lowest BCUT2D eigenvalue weighted by Gasteiger charge is -2.37. The van der Waals surface area contributed by atoms with E-state index < -0.39 is 0 Å². The first-order chi connectivity index (χ1) is 16.7. The quantitative estimate of drug-likeness (QED) is 0.463. The lowest BCUT2D eigenvalue weighted by atomic mass is 9.83. The Balaban J connectivity index is 1.33. The summed E-state index contributed by atoms with van der Waals surface area (Å²) in [5.74, 6) is -0.183. The van der Waals surface area contributed by atoms with Gasteiger partial charge < -0.3 is 15.1 Å². The number of piperidine rings is 1. The third-order valence-electron chi connectivity index (χ3n) is 6.69. The van der Waals surface area contributed by atoms with Crippen LogP contribution in [0.1, 0.15) is 57.8 Å². The van der Waals surface area contributed by atoms with Crippen LogP contribution in [-0.4, -0.2) is 29.2 Å². The molecule has 5 rings (SSSR count). The summed E-state index contributed by atoms with van der Waals surface area (Å²) in [4.78, 5) is 42.9. The number of amides is 3. The maximum absolute atomic E-state index is 13.2. The molecule has 0 aliphatic carbocycles. The number of halogens is 1. The second kappa shape index (κ2) is 9.13. The van der Waals surface area contributed by atoms with Gasteiger partial charge in [0.15, 0.2) is 0 Å². The van der Waals surface area contributed by atoms with Crippen molar-refractivity contribution in [1.82, 2.24) is 4.90 Å². The van der Waals surface area contributed by atoms with Crippen molar-refractivity contribution in [2.45, 2.75) is 39.8 Å². The van der Waals surface area contributed by atoms with Crippen LogP contribution >= 0.6 is 22.9 Å². The highest BCUT2D eigenvalue weighted by molar-refractivity contribution is 7.18. The first-order valence-corrected chi connectivity index (χ1v) is 12.8. The average molecular weight is 508 g/mol. The Bertz CT molecular complexity index is 1330. The third-order valence-corrected chi connectivity index (χ3v) is 7.92. The smallest absolute Gasteiger partial charge is 0.265 e. The number of nitrogens with zero attached hydrogens (tertiary/aromatic N) is 2. The molecule has 3 amide bonds. The first-order valence-electron chi connectivity index (χ1n) is 11.6. The van der Waals surface area contributed by atoms with Crippen molar-refractivity contribution < 1.29 is 14.4 Å². The van der Waals surface area contributed by atoms with Gasteiger partial charge in [0.2, 0.25) is 5.91 Å². The second-order valence-electron chi connectivity index (χ2n) is 9.66. The van der Waals surface area contributed by atoms with E-state index in [0.717, 1.165) is 29.7 Å². The van der Waals surface area contributed by atoms with E-state index >= 15 is 0 Å². The SMILES string of the molecule is CC1(C)CCCN(c2cccc(CN3Cc4c(NC(=O)c5ccc(Cl)s5)cccc4C3=O)c2)C1=O. The maximum atomic E-state index is 13.2. The number of anilines is 2. The molecule has 180 valence electrons. The number of fused-ring (bicyclic) bond motifs is 1. The summed E-state index contributed by atoms with van der Waals surface area (Å²) in [5.41, 5.74) is 3.48. The molecule has 1 fully saturated rings. The van der Waals surface area contributed by atoms with E-state index in [2.05, 4.69) is 5.32 Å². The standard InChI is InChI=1S/C27H26ClN3O3S/c1-27(2)12-5-13-31(26(27)34)18-7-3-6-17(14-18)15-30-16-20-19(25(30)33)8-4-9-21(20)29-24(32)22-10-11-23(28)35-22/h3-4,6-11,14H,5,12-13,15-16H2,1-2H3,(H,29,32). The normalized spacial score (nSPS) is 17.0. The van der Waals surface area contributed by atoms with E-state index in [1.807, 2.05) is 49.1 Å². The number of thiophene rings is 1. The number of nitrogens with one attached hydrogen (secondary N) is 1. The van der Waals surface area contributed by atoms with Gasteiger partial charge >= 0.3 is 0 Å². The van der Waals surface area contributed by atoms with Crippen molar-refractivity contribution in [2.24, 2.45) is 5.41 Å². The molecule has 3 heterocycles. The average Bonchev–Trinajstić information content (AvgIpc) is 3.40. The fraction of sp³-hybridized carbons (Fsp3) is 0.296. The van der Waals surface area contributed by atoms with Crippen LogP contribution in [-0.2, 0) is 17.9 Å². The molecule has 0 unspecified atom stereocenters. The molecular formula is C27H26ClN3O3S. The van der Waals surface area contributed by atoms with Crippen LogP contribution in [0.2, 0.25) is 4.34 Å². The van der Waals surface area contributed by atoms with Crippen LogP contribution in [0.15, 0.2) is 54.6 Å². The Morgan fingerprint density at radius 2 is 1.91 bits per heavy atom. The molecule has 0 radical (unpaired) electrons. The predicted molar refractivity (Wildman–Crippen MR) is 139 cm³/mol. The number of rotatable bonds is 5. The van der Waals surface area contributed by atoms with Gasteiger partial charge in [0.1, 0.15) is 0 Å². The molecule has 2 aliphatic heterocycles. The number of hydrogen-bond acceptors (Lipinski definition) is 4. The lowest BCUT2D eigenvalue weighted by molar-refractivity contribution is -0.128. The van der Waals surface area contributed by atoms with E-state index in [0.29, 0.717) is 40.1 Å². The highest BCUT2D eigenvalue weighted by Gasteiger charge is 2.36. The first kappa shape index (κ1) is 23.6. The van der Waals surface area contributed by atoms with Crippen LogP contribution in [0.25, 0.3) is 0 Å². The summed E-state index contributed by atoms with van der Waals surface area (Å²) in [6.07, 6.45) is 1.86. The minimum absolute atomic E-state index is 0.0733. The van der Waals surface area contributed by atoms with Crippen LogP contribution in [0.4, 0.5) is 11.4 Å². The second-order valence-corrected chi connectivity index (χ2v) is 11.4. The molecule has 0 atom stereocenters. The predicted octanol–water partition coefficient (Wildman–Crippen LogP) is 5.96.